The van der Waals surface area contributed by atoms with Crippen LogP contribution in [0.3, 0.4) is 0 Å². The molecule has 3 unspecified atom stereocenters. The van der Waals surface area contributed by atoms with E-state index in [1.807, 2.05) is 0 Å². The second-order valence-electron chi connectivity index (χ2n) is 9.58. The molecule has 0 amide bonds. The van der Waals surface area contributed by atoms with Crippen LogP contribution in [0.2, 0.25) is 0 Å². The molecule has 5 saturated carbocycles. The molecule has 0 aromatic carbocycles. The second-order valence-corrected chi connectivity index (χ2v) is 9.58. The number of carbonyl (C=O) groups excluding carboxylic acids is 1. The maximum absolute atomic E-state index is 12.6. The Bertz CT molecular complexity index is 552. The van der Waals surface area contributed by atoms with Gasteiger partial charge in [0, 0.05) is 0 Å². The van der Waals surface area contributed by atoms with E-state index in [4.69, 9.17) is 4.74 Å². The van der Waals surface area contributed by atoms with Gasteiger partial charge in [-0.3, -0.25) is 4.79 Å². The van der Waals surface area contributed by atoms with Crippen molar-refractivity contribution in [3.05, 3.63) is 12.2 Å². The molecule has 0 saturated heterocycles. The summed E-state index contributed by atoms with van der Waals surface area (Å²) in [6.07, 6.45) is 11.4. The number of fused-ring (bicyclic) bond motifs is 3. The van der Waals surface area contributed by atoms with Crippen molar-refractivity contribution in [2.24, 2.45) is 34.0 Å². The predicted octanol–water partition coefficient (Wildman–Crippen LogP) is 5.13. The molecule has 0 N–H and O–H groups in total. The fraction of sp³-hybridized carbons (Fsp3) is 0.857. The number of ether oxygens (including phenoxy) is 1. The van der Waals surface area contributed by atoms with Gasteiger partial charge < -0.3 is 4.74 Å². The van der Waals surface area contributed by atoms with Crippen LogP contribution in [0.5, 0.6) is 0 Å². The molecule has 23 heavy (non-hydrogen) atoms. The minimum atomic E-state index is -0.267. The zero-order chi connectivity index (χ0) is 16.5. The zero-order valence-electron chi connectivity index (χ0n) is 15.1. The van der Waals surface area contributed by atoms with Gasteiger partial charge in [0.1, 0.15) is 0 Å². The van der Waals surface area contributed by atoms with E-state index < -0.39 is 0 Å². The van der Waals surface area contributed by atoms with E-state index in [-0.39, 0.29) is 11.4 Å². The Balaban J connectivity index is 1.73. The summed E-state index contributed by atoms with van der Waals surface area (Å²) in [7, 11) is 1.57. The predicted molar refractivity (Wildman–Crippen MR) is 91.8 cm³/mol. The number of hydrogen-bond acceptors (Lipinski definition) is 2. The van der Waals surface area contributed by atoms with Crippen molar-refractivity contribution in [2.45, 2.75) is 71.6 Å². The summed E-state index contributed by atoms with van der Waals surface area (Å²) in [5.41, 5.74) is 2.09. The summed E-state index contributed by atoms with van der Waals surface area (Å²) in [6.45, 7) is 9.12. The number of allylic oxidation sites excluding steroid dienone is 1. The van der Waals surface area contributed by atoms with E-state index in [1.165, 1.54) is 56.9 Å². The van der Waals surface area contributed by atoms with E-state index >= 15 is 0 Å². The van der Waals surface area contributed by atoms with E-state index in [9.17, 15) is 4.79 Å². The Labute approximate surface area is 141 Å². The largest absolute Gasteiger partial charge is 0.469 e. The lowest BCUT2D eigenvalue weighted by atomic mass is 9.37. The van der Waals surface area contributed by atoms with Crippen molar-refractivity contribution in [3.8, 4) is 0 Å². The third kappa shape index (κ3) is 1.90. The summed E-state index contributed by atoms with van der Waals surface area (Å²) >= 11 is 0. The van der Waals surface area contributed by atoms with Crippen LogP contribution in [0, 0.1) is 34.0 Å². The normalized spacial score (nSPS) is 51.8. The molecule has 5 rings (SSSR count). The lowest BCUT2D eigenvalue weighted by Gasteiger charge is -2.67. The van der Waals surface area contributed by atoms with E-state index in [0.717, 1.165) is 18.3 Å². The first-order chi connectivity index (χ1) is 10.9. The van der Waals surface area contributed by atoms with Crippen LogP contribution < -0.4 is 0 Å². The fourth-order valence-electron chi connectivity index (χ4n) is 7.71. The molecule has 0 heterocycles. The smallest absolute Gasteiger partial charge is 0.311 e. The Kier molecular flexibility index (Phi) is 3.32. The third-order valence-electron chi connectivity index (χ3n) is 8.76. The molecular formula is C21H32O2. The van der Waals surface area contributed by atoms with Crippen LogP contribution in [-0.2, 0) is 9.53 Å². The molecule has 0 aliphatic heterocycles. The first-order valence-electron chi connectivity index (χ1n) is 9.62. The van der Waals surface area contributed by atoms with Crippen LogP contribution in [0.15, 0.2) is 12.2 Å². The maximum Gasteiger partial charge on any atom is 0.311 e. The molecule has 1 spiro atoms. The summed E-state index contributed by atoms with van der Waals surface area (Å²) in [5.74, 6) is 2.08. The van der Waals surface area contributed by atoms with Gasteiger partial charge in [-0.15, -0.1) is 0 Å². The molecule has 0 aromatic rings. The van der Waals surface area contributed by atoms with Crippen LogP contribution in [0.25, 0.3) is 0 Å². The minimum absolute atomic E-state index is 0.0368. The standard InChI is InChI=1S/C21H32O2/c1-14-13-21-10-6-15(14)12-17(21)19(2)8-5-9-20(3,18(22)23-4)16(19)7-11-21/h15-17H,1,5-13H2,2-4H3/t15?,16-,17-,19?,20?,21+/m0/s1. The Morgan fingerprint density at radius 3 is 2.57 bits per heavy atom. The van der Waals surface area contributed by atoms with Gasteiger partial charge >= 0.3 is 5.97 Å². The molecule has 2 heteroatoms. The first kappa shape index (κ1) is 15.7. The number of hydrogen-bond donors (Lipinski definition) is 0. The van der Waals surface area contributed by atoms with Gasteiger partial charge in [0.15, 0.2) is 0 Å². The van der Waals surface area contributed by atoms with Gasteiger partial charge in [-0.05, 0) is 86.9 Å². The molecule has 6 atom stereocenters. The van der Waals surface area contributed by atoms with Crippen molar-refractivity contribution in [2.75, 3.05) is 7.11 Å². The highest BCUT2D eigenvalue weighted by atomic mass is 16.5. The second kappa shape index (κ2) is 4.86. The number of methoxy groups -OCH3 is 1. The van der Waals surface area contributed by atoms with Gasteiger partial charge in [-0.25, -0.2) is 0 Å². The van der Waals surface area contributed by atoms with Crippen LogP contribution in [-0.4, -0.2) is 13.1 Å². The fourth-order valence-corrected chi connectivity index (χ4v) is 7.71. The zero-order valence-corrected chi connectivity index (χ0v) is 15.1. The lowest BCUT2D eigenvalue weighted by Crippen LogP contribution is -2.61. The molecule has 0 aromatic heterocycles. The van der Waals surface area contributed by atoms with Gasteiger partial charge in [-0.1, -0.05) is 25.5 Å². The molecule has 5 fully saturated rings. The molecular weight excluding hydrogens is 284 g/mol. The van der Waals surface area contributed by atoms with Gasteiger partial charge in [0.25, 0.3) is 0 Å². The SMILES string of the molecule is C=C1C[C@]23CCC1C[C@H]2C1(C)CCCC(C)(C(=O)OC)[C@H]1CC3. The molecule has 5 aliphatic rings. The van der Waals surface area contributed by atoms with E-state index in [2.05, 4.69) is 20.4 Å². The van der Waals surface area contributed by atoms with Crippen LogP contribution >= 0.6 is 0 Å². The van der Waals surface area contributed by atoms with Crippen LogP contribution in [0.4, 0.5) is 0 Å². The monoisotopic (exact) mass is 316 g/mol. The van der Waals surface area contributed by atoms with Crippen molar-refractivity contribution in [1.29, 1.82) is 0 Å². The Morgan fingerprint density at radius 2 is 1.87 bits per heavy atom. The van der Waals surface area contributed by atoms with E-state index in [0.29, 0.717) is 16.7 Å². The van der Waals surface area contributed by atoms with Crippen molar-refractivity contribution >= 4 is 5.97 Å². The van der Waals surface area contributed by atoms with Crippen LogP contribution in [0.1, 0.15) is 71.6 Å². The maximum atomic E-state index is 12.6. The highest BCUT2D eigenvalue weighted by Crippen LogP contribution is 2.72. The molecule has 5 aliphatic carbocycles. The summed E-state index contributed by atoms with van der Waals surface area (Å²) in [6, 6.07) is 0. The highest BCUT2D eigenvalue weighted by molar-refractivity contribution is 5.77. The highest BCUT2D eigenvalue weighted by Gasteiger charge is 2.65. The molecule has 2 bridgehead atoms. The lowest BCUT2D eigenvalue weighted by molar-refractivity contribution is -0.192. The van der Waals surface area contributed by atoms with Gasteiger partial charge in [0.2, 0.25) is 0 Å². The summed E-state index contributed by atoms with van der Waals surface area (Å²) < 4.78 is 5.25. The minimum Gasteiger partial charge on any atom is -0.469 e. The third-order valence-corrected chi connectivity index (χ3v) is 8.76. The Hall–Kier alpha value is -0.790. The molecule has 128 valence electrons. The first-order valence-corrected chi connectivity index (χ1v) is 9.62. The summed E-state index contributed by atoms with van der Waals surface area (Å²) in [5, 5.41) is 0. The van der Waals surface area contributed by atoms with Gasteiger partial charge in [-0.2, -0.15) is 0 Å². The van der Waals surface area contributed by atoms with Crippen molar-refractivity contribution in [3.63, 3.8) is 0 Å². The topological polar surface area (TPSA) is 26.3 Å². The Morgan fingerprint density at radius 1 is 1.13 bits per heavy atom. The average molecular weight is 316 g/mol. The quantitative estimate of drug-likeness (QED) is 0.495. The molecule has 0 radical (unpaired) electrons. The van der Waals surface area contributed by atoms with Gasteiger partial charge in [0.05, 0.1) is 12.5 Å². The average Bonchev–Trinajstić information content (AvgIpc) is 2.53. The van der Waals surface area contributed by atoms with Crippen molar-refractivity contribution in [1.82, 2.24) is 0 Å². The number of carbonyl (C=O) groups is 1. The molecule has 2 nitrogen and oxygen atoms in total. The van der Waals surface area contributed by atoms with E-state index in [1.54, 1.807) is 7.11 Å². The number of rotatable bonds is 1. The number of esters is 1. The van der Waals surface area contributed by atoms with Crippen molar-refractivity contribution < 1.29 is 9.53 Å². The summed E-state index contributed by atoms with van der Waals surface area (Å²) in [4.78, 5) is 12.6.